The highest BCUT2D eigenvalue weighted by atomic mass is 35.5. The fraction of sp³-hybridized carbons (Fsp3) is 0.200. The summed E-state index contributed by atoms with van der Waals surface area (Å²) in [6.45, 7) is 0.489. The number of aromatic nitrogens is 1. The van der Waals surface area contributed by atoms with E-state index in [2.05, 4.69) is 10.3 Å². The number of amides is 1. The molecule has 0 saturated carbocycles. The van der Waals surface area contributed by atoms with Gasteiger partial charge in [-0.15, -0.1) is 0 Å². The normalized spacial score (nSPS) is 15.8. The van der Waals surface area contributed by atoms with Crippen LogP contribution in [0.4, 0.5) is 4.79 Å². The molecule has 2 aromatic rings. The average molecular weight is 339 g/mol. The third kappa shape index (κ3) is 3.10. The molecule has 1 aromatic heterocycles. The molecule has 114 valence electrons. The second kappa shape index (κ2) is 6.42. The molecule has 1 amide bonds. The maximum Gasteiger partial charge on any atom is 0.408 e. The van der Waals surface area contributed by atoms with Crippen molar-refractivity contribution in [2.75, 3.05) is 6.61 Å². The first-order chi connectivity index (χ1) is 10.6. The Morgan fingerprint density at radius 1 is 1.36 bits per heavy atom. The predicted octanol–water partition coefficient (Wildman–Crippen LogP) is 3.75. The third-order valence-electron chi connectivity index (χ3n) is 3.22. The molecule has 0 saturated heterocycles. The fourth-order valence-corrected chi connectivity index (χ4v) is 2.52. The second-order valence-corrected chi connectivity index (χ2v) is 5.45. The average Bonchev–Trinajstić information content (AvgIpc) is 2.92. The Labute approximate surface area is 137 Å². The van der Waals surface area contributed by atoms with Crippen LogP contribution in [0.2, 0.25) is 10.0 Å². The van der Waals surface area contributed by atoms with Crippen molar-refractivity contribution in [3.63, 3.8) is 0 Å². The minimum Gasteiger partial charge on any atom is -0.473 e. The van der Waals surface area contributed by atoms with E-state index in [0.29, 0.717) is 15.9 Å². The molecular weight excluding hydrogens is 327 g/mol. The zero-order chi connectivity index (χ0) is 15.5. The van der Waals surface area contributed by atoms with Crippen LogP contribution in [-0.2, 0) is 11.3 Å². The van der Waals surface area contributed by atoms with E-state index in [4.69, 9.17) is 32.7 Å². The Bertz CT molecular complexity index is 709. The summed E-state index contributed by atoms with van der Waals surface area (Å²) in [7, 11) is 0. The molecule has 22 heavy (non-hydrogen) atoms. The molecule has 1 N–H and O–H groups in total. The van der Waals surface area contributed by atoms with Gasteiger partial charge in [0.2, 0.25) is 5.88 Å². The molecule has 0 spiro atoms. The molecule has 1 unspecified atom stereocenters. The van der Waals surface area contributed by atoms with Gasteiger partial charge in [-0.2, -0.15) is 0 Å². The lowest BCUT2D eigenvalue weighted by Crippen LogP contribution is -2.26. The van der Waals surface area contributed by atoms with Crippen molar-refractivity contribution in [1.82, 2.24) is 10.3 Å². The van der Waals surface area contributed by atoms with E-state index in [1.54, 1.807) is 30.5 Å². The molecule has 0 bridgehead atoms. The van der Waals surface area contributed by atoms with Gasteiger partial charge in [-0.3, -0.25) is 0 Å². The van der Waals surface area contributed by atoms with E-state index in [1.807, 2.05) is 6.07 Å². The maximum absolute atomic E-state index is 11.9. The molecule has 2 heterocycles. The smallest absolute Gasteiger partial charge is 0.408 e. The Balaban J connectivity index is 1.59. The first kappa shape index (κ1) is 14.9. The molecule has 0 aliphatic carbocycles. The molecular formula is C15H12Cl2N2O3. The zero-order valence-corrected chi connectivity index (χ0v) is 12.9. The van der Waals surface area contributed by atoms with Gasteiger partial charge < -0.3 is 14.8 Å². The summed E-state index contributed by atoms with van der Waals surface area (Å²) in [4.78, 5) is 16.0. The van der Waals surface area contributed by atoms with Gasteiger partial charge >= 0.3 is 6.09 Å². The van der Waals surface area contributed by atoms with Gasteiger partial charge in [0.25, 0.3) is 0 Å². The Morgan fingerprint density at radius 3 is 3.09 bits per heavy atom. The number of alkyl carbamates (subject to hydrolysis) is 1. The van der Waals surface area contributed by atoms with Crippen molar-refractivity contribution in [3.8, 4) is 5.88 Å². The highest BCUT2D eigenvalue weighted by Gasteiger charge is 2.28. The third-order valence-corrected chi connectivity index (χ3v) is 4.08. The highest BCUT2D eigenvalue weighted by Crippen LogP contribution is 2.32. The van der Waals surface area contributed by atoms with Crippen LogP contribution in [-0.4, -0.2) is 17.7 Å². The predicted molar refractivity (Wildman–Crippen MR) is 82.3 cm³/mol. The van der Waals surface area contributed by atoms with Crippen LogP contribution in [0.5, 0.6) is 5.88 Å². The monoisotopic (exact) mass is 338 g/mol. The highest BCUT2D eigenvalue weighted by molar-refractivity contribution is 6.42. The Kier molecular flexibility index (Phi) is 4.36. The number of carbonyl (C=O) groups excluding carboxylic acids is 1. The molecule has 0 radical (unpaired) electrons. The van der Waals surface area contributed by atoms with Crippen LogP contribution in [0.1, 0.15) is 17.2 Å². The largest absolute Gasteiger partial charge is 0.473 e. The number of rotatable bonds is 3. The number of pyridine rings is 1. The summed E-state index contributed by atoms with van der Waals surface area (Å²) in [5.41, 5.74) is 1.48. The lowest BCUT2D eigenvalue weighted by atomic mass is 10.2. The molecule has 1 atom stereocenters. The van der Waals surface area contributed by atoms with Crippen molar-refractivity contribution in [2.24, 2.45) is 0 Å². The van der Waals surface area contributed by atoms with Crippen LogP contribution in [0.25, 0.3) is 0 Å². The summed E-state index contributed by atoms with van der Waals surface area (Å²) < 4.78 is 10.7. The van der Waals surface area contributed by atoms with E-state index in [1.165, 1.54) is 0 Å². The second-order valence-electron chi connectivity index (χ2n) is 4.67. The molecule has 5 nitrogen and oxygen atoms in total. The van der Waals surface area contributed by atoms with Crippen molar-refractivity contribution in [3.05, 3.63) is 57.7 Å². The molecule has 1 aromatic carbocycles. The molecule has 3 rings (SSSR count). The summed E-state index contributed by atoms with van der Waals surface area (Å²) in [5, 5.41) is 3.51. The molecule has 7 heteroatoms. The van der Waals surface area contributed by atoms with Crippen molar-refractivity contribution in [1.29, 1.82) is 0 Å². The van der Waals surface area contributed by atoms with E-state index < -0.39 is 12.2 Å². The topological polar surface area (TPSA) is 60.5 Å². The number of hydrogen-bond acceptors (Lipinski definition) is 4. The van der Waals surface area contributed by atoms with Crippen LogP contribution >= 0.6 is 23.2 Å². The van der Waals surface area contributed by atoms with Gasteiger partial charge in [-0.1, -0.05) is 35.3 Å². The van der Waals surface area contributed by atoms with Gasteiger partial charge in [0, 0.05) is 12.7 Å². The Morgan fingerprint density at radius 2 is 2.23 bits per heavy atom. The van der Waals surface area contributed by atoms with Crippen molar-refractivity contribution >= 4 is 29.3 Å². The summed E-state index contributed by atoms with van der Waals surface area (Å²) in [6.07, 6.45) is 0.613. The van der Waals surface area contributed by atoms with Gasteiger partial charge in [0.05, 0.1) is 15.6 Å². The van der Waals surface area contributed by atoms with E-state index >= 15 is 0 Å². The molecule has 1 aliphatic rings. The number of hydrogen-bond donors (Lipinski definition) is 1. The number of fused-ring (bicyclic) bond motifs is 1. The standard InChI is InChI=1S/C15H12Cl2N2O3/c16-11-5-1-3-9(13(11)17)7-19-15(20)22-12-8-21-14-10(12)4-2-6-18-14/h1-6,12H,7-8H2,(H,19,20). The van der Waals surface area contributed by atoms with Gasteiger partial charge in [-0.05, 0) is 23.8 Å². The maximum atomic E-state index is 11.9. The number of benzene rings is 1. The van der Waals surface area contributed by atoms with Crippen LogP contribution in [0, 0.1) is 0 Å². The minimum absolute atomic E-state index is 0.228. The lowest BCUT2D eigenvalue weighted by molar-refractivity contribution is 0.0821. The van der Waals surface area contributed by atoms with Crippen molar-refractivity contribution in [2.45, 2.75) is 12.6 Å². The summed E-state index contributed by atoms with van der Waals surface area (Å²) in [5.74, 6) is 0.498. The molecule has 0 fully saturated rings. The zero-order valence-electron chi connectivity index (χ0n) is 11.4. The van der Waals surface area contributed by atoms with E-state index in [-0.39, 0.29) is 13.2 Å². The van der Waals surface area contributed by atoms with Gasteiger partial charge in [0.1, 0.15) is 6.61 Å². The number of nitrogens with one attached hydrogen (secondary N) is 1. The van der Waals surface area contributed by atoms with Crippen LogP contribution in [0.15, 0.2) is 36.5 Å². The number of halogens is 2. The van der Waals surface area contributed by atoms with Crippen LogP contribution < -0.4 is 10.1 Å². The lowest BCUT2D eigenvalue weighted by Gasteiger charge is -2.12. The first-order valence-electron chi connectivity index (χ1n) is 6.60. The number of nitrogens with zero attached hydrogens (tertiary/aromatic N) is 1. The summed E-state index contributed by atoms with van der Waals surface area (Å²) in [6, 6.07) is 8.83. The first-order valence-corrected chi connectivity index (χ1v) is 7.36. The molecule has 1 aliphatic heterocycles. The fourth-order valence-electron chi connectivity index (χ4n) is 2.13. The summed E-state index contributed by atoms with van der Waals surface area (Å²) >= 11 is 12.0. The number of carbonyl (C=O) groups is 1. The minimum atomic E-state index is -0.554. The van der Waals surface area contributed by atoms with Crippen molar-refractivity contribution < 1.29 is 14.3 Å². The van der Waals surface area contributed by atoms with Gasteiger partial charge in [0.15, 0.2) is 6.10 Å². The SMILES string of the molecule is O=C(NCc1cccc(Cl)c1Cl)OC1COc2ncccc21. The quantitative estimate of drug-likeness (QED) is 0.925. The Hall–Kier alpha value is -1.98. The number of ether oxygens (including phenoxy) is 2. The van der Waals surface area contributed by atoms with Crippen LogP contribution in [0.3, 0.4) is 0 Å². The van der Waals surface area contributed by atoms with E-state index in [0.717, 1.165) is 11.1 Å². The van der Waals surface area contributed by atoms with E-state index in [9.17, 15) is 4.79 Å². The van der Waals surface area contributed by atoms with Gasteiger partial charge in [-0.25, -0.2) is 9.78 Å².